The van der Waals surface area contributed by atoms with Crippen LogP contribution in [-0.4, -0.2) is 47.2 Å². The molecule has 9 heteroatoms. The molecule has 30 heavy (non-hydrogen) atoms. The topological polar surface area (TPSA) is 83.1 Å². The third-order valence-electron chi connectivity index (χ3n) is 5.19. The maximum atomic E-state index is 13.1. The molecule has 1 fully saturated rings. The van der Waals surface area contributed by atoms with Crippen molar-refractivity contribution in [3.63, 3.8) is 0 Å². The lowest BCUT2D eigenvalue weighted by molar-refractivity contribution is 0.102. The molecule has 1 aliphatic rings. The fraction of sp³-hybridized carbons (Fsp3) is 0.190. The molecule has 0 saturated carbocycles. The van der Waals surface area contributed by atoms with Crippen molar-refractivity contribution in [2.24, 2.45) is 0 Å². The molecular formula is C21H17Cl2N5O2. The average Bonchev–Trinajstić information content (AvgIpc) is 3.13. The zero-order valence-corrected chi connectivity index (χ0v) is 17.3. The van der Waals surface area contributed by atoms with Gasteiger partial charge in [-0.05, 0) is 24.3 Å². The van der Waals surface area contributed by atoms with Crippen molar-refractivity contribution in [1.29, 1.82) is 0 Å². The Morgan fingerprint density at radius 1 is 1.17 bits per heavy atom. The summed E-state index contributed by atoms with van der Waals surface area (Å²) in [6.45, 7) is 2.52. The Balaban J connectivity index is 1.71. The molecular weight excluding hydrogens is 425 g/mol. The normalized spacial score (nSPS) is 14.4. The van der Waals surface area contributed by atoms with Crippen LogP contribution >= 0.6 is 23.2 Å². The van der Waals surface area contributed by atoms with E-state index in [1.165, 1.54) is 0 Å². The average molecular weight is 442 g/mol. The number of ether oxygens (including phenoxy) is 1. The highest BCUT2D eigenvalue weighted by Crippen LogP contribution is 2.43. The van der Waals surface area contributed by atoms with Gasteiger partial charge in [-0.3, -0.25) is 9.78 Å². The number of aromatic amines is 1. The lowest BCUT2D eigenvalue weighted by atomic mass is 10.1. The van der Waals surface area contributed by atoms with Gasteiger partial charge in [0.05, 0.1) is 52.4 Å². The smallest absolute Gasteiger partial charge is 0.258 e. The number of anilines is 2. The number of fused-ring (bicyclic) bond motifs is 3. The number of benzene rings is 1. The molecule has 0 unspecified atom stereocenters. The van der Waals surface area contributed by atoms with Crippen LogP contribution in [0, 0.1) is 0 Å². The number of carbonyl (C=O) groups is 1. The Labute approximate surface area is 182 Å². The Morgan fingerprint density at radius 2 is 2.00 bits per heavy atom. The summed E-state index contributed by atoms with van der Waals surface area (Å²) < 4.78 is 5.49. The van der Waals surface area contributed by atoms with Crippen molar-refractivity contribution in [2.45, 2.75) is 0 Å². The third kappa shape index (κ3) is 3.25. The number of halogens is 2. The van der Waals surface area contributed by atoms with Crippen LogP contribution in [0.1, 0.15) is 10.4 Å². The second kappa shape index (κ2) is 7.75. The Bertz CT molecular complexity index is 1270. The quantitative estimate of drug-likeness (QED) is 0.457. The molecule has 1 amide bonds. The fourth-order valence-corrected chi connectivity index (χ4v) is 4.33. The number of amides is 1. The summed E-state index contributed by atoms with van der Waals surface area (Å²) in [5.74, 6) is -0.358. The van der Waals surface area contributed by atoms with Gasteiger partial charge in [-0.15, -0.1) is 0 Å². The summed E-state index contributed by atoms with van der Waals surface area (Å²) >= 11 is 12.9. The Kier molecular flexibility index (Phi) is 4.94. The van der Waals surface area contributed by atoms with E-state index in [2.05, 4.69) is 25.2 Å². The van der Waals surface area contributed by atoms with Crippen LogP contribution in [-0.2, 0) is 4.74 Å². The minimum atomic E-state index is -0.358. The summed E-state index contributed by atoms with van der Waals surface area (Å²) in [6, 6.07) is 7.15. The first-order chi connectivity index (χ1) is 14.6. The van der Waals surface area contributed by atoms with Crippen molar-refractivity contribution < 1.29 is 9.53 Å². The number of rotatable bonds is 3. The van der Waals surface area contributed by atoms with Crippen LogP contribution in [0.15, 0.2) is 42.9 Å². The van der Waals surface area contributed by atoms with Crippen molar-refractivity contribution in [2.75, 3.05) is 36.5 Å². The first kappa shape index (κ1) is 19.1. The van der Waals surface area contributed by atoms with Crippen LogP contribution in [0.3, 0.4) is 0 Å². The number of hydrogen-bond donors (Lipinski definition) is 2. The number of nitrogens with zero attached hydrogens (tertiary/aromatic N) is 3. The van der Waals surface area contributed by atoms with Crippen molar-refractivity contribution in [1.82, 2.24) is 15.0 Å². The molecule has 1 aliphatic heterocycles. The van der Waals surface area contributed by atoms with Gasteiger partial charge in [-0.1, -0.05) is 23.2 Å². The second-order valence-corrected chi connectivity index (χ2v) is 7.71. The molecule has 152 valence electrons. The van der Waals surface area contributed by atoms with Gasteiger partial charge in [0.1, 0.15) is 5.15 Å². The predicted molar refractivity (Wildman–Crippen MR) is 119 cm³/mol. The summed E-state index contributed by atoms with van der Waals surface area (Å²) in [6.07, 6.45) is 5.02. The van der Waals surface area contributed by atoms with Gasteiger partial charge in [0.2, 0.25) is 0 Å². The van der Waals surface area contributed by atoms with Gasteiger partial charge in [0.25, 0.3) is 5.91 Å². The fourth-order valence-electron chi connectivity index (χ4n) is 3.80. The van der Waals surface area contributed by atoms with Crippen molar-refractivity contribution in [3.8, 4) is 0 Å². The van der Waals surface area contributed by atoms with Crippen LogP contribution in [0.5, 0.6) is 0 Å². The van der Waals surface area contributed by atoms with Gasteiger partial charge in [-0.25, -0.2) is 4.98 Å². The van der Waals surface area contributed by atoms with E-state index >= 15 is 0 Å². The number of carbonyl (C=O) groups excluding carboxylic acids is 1. The zero-order chi connectivity index (χ0) is 20.7. The summed E-state index contributed by atoms with van der Waals surface area (Å²) in [5, 5.41) is 5.60. The molecule has 0 atom stereocenters. The van der Waals surface area contributed by atoms with Crippen molar-refractivity contribution >= 4 is 62.3 Å². The summed E-state index contributed by atoms with van der Waals surface area (Å²) in [7, 11) is 0. The van der Waals surface area contributed by atoms with Gasteiger partial charge < -0.3 is 19.9 Å². The number of aromatic nitrogens is 3. The standard InChI is InChI=1S/C21H17Cl2N5O2/c22-15-10-14-12-3-5-24-11-16(12)26-17(14)18(19(15)28-6-8-30-9-7-28)27-21(29)13-2-1-4-25-20(13)23/h1-5,10-11,26H,6-9H2,(H,27,29). The van der Waals surface area contributed by atoms with E-state index in [1.807, 2.05) is 12.1 Å². The first-order valence-corrected chi connectivity index (χ1v) is 10.2. The minimum absolute atomic E-state index is 0.141. The van der Waals surface area contributed by atoms with Crippen LogP contribution in [0.2, 0.25) is 10.2 Å². The molecule has 7 nitrogen and oxygen atoms in total. The molecule has 1 aromatic carbocycles. The van der Waals surface area contributed by atoms with E-state index in [0.717, 1.165) is 27.5 Å². The van der Waals surface area contributed by atoms with E-state index in [-0.39, 0.29) is 16.6 Å². The SMILES string of the molecule is O=C(Nc1c(N2CCOCC2)c(Cl)cc2c1[nH]c1cnccc12)c1cccnc1Cl. The van der Waals surface area contributed by atoms with E-state index in [9.17, 15) is 4.79 Å². The molecule has 0 bridgehead atoms. The second-order valence-electron chi connectivity index (χ2n) is 6.95. The molecule has 4 aromatic rings. The van der Waals surface area contributed by atoms with Crippen LogP contribution < -0.4 is 10.2 Å². The van der Waals surface area contributed by atoms with Crippen LogP contribution in [0.4, 0.5) is 11.4 Å². The van der Waals surface area contributed by atoms with Gasteiger partial charge >= 0.3 is 0 Å². The van der Waals surface area contributed by atoms with E-state index < -0.39 is 0 Å². The van der Waals surface area contributed by atoms with Gasteiger partial charge in [-0.2, -0.15) is 0 Å². The zero-order valence-electron chi connectivity index (χ0n) is 15.8. The van der Waals surface area contributed by atoms with Crippen LogP contribution in [0.25, 0.3) is 21.8 Å². The molecule has 2 N–H and O–H groups in total. The Hall–Kier alpha value is -2.87. The maximum Gasteiger partial charge on any atom is 0.258 e. The molecule has 0 spiro atoms. The van der Waals surface area contributed by atoms with E-state index in [0.29, 0.717) is 37.0 Å². The minimum Gasteiger partial charge on any atom is -0.378 e. The Morgan fingerprint density at radius 3 is 2.80 bits per heavy atom. The van der Waals surface area contributed by atoms with Gasteiger partial charge in [0, 0.05) is 36.3 Å². The molecule has 1 saturated heterocycles. The highest BCUT2D eigenvalue weighted by molar-refractivity contribution is 6.37. The lowest BCUT2D eigenvalue weighted by Gasteiger charge is -2.31. The molecule has 0 aliphatic carbocycles. The first-order valence-electron chi connectivity index (χ1n) is 9.46. The molecule has 5 rings (SSSR count). The van der Waals surface area contributed by atoms with Gasteiger partial charge in [0.15, 0.2) is 0 Å². The summed E-state index contributed by atoms with van der Waals surface area (Å²) in [4.78, 5) is 26.8. The highest BCUT2D eigenvalue weighted by atomic mass is 35.5. The number of hydrogen-bond acceptors (Lipinski definition) is 5. The van der Waals surface area contributed by atoms with E-state index in [1.54, 1.807) is 30.7 Å². The largest absolute Gasteiger partial charge is 0.378 e. The molecule has 4 heterocycles. The lowest BCUT2D eigenvalue weighted by Crippen LogP contribution is -2.37. The molecule has 0 radical (unpaired) electrons. The summed E-state index contributed by atoms with van der Waals surface area (Å²) in [5.41, 5.74) is 3.27. The van der Waals surface area contributed by atoms with E-state index in [4.69, 9.17) is 27.9 Å². The monoisotopic (exact) mass is 441 g/mol. The predicted octanol–water partition coefficient (Wildman–Crippen LogP) is 4.51. The third-order valence-corrected chi connectivity index (χ3v) is 5.78. The number of H-pyrrole nitrogens is 1. The molecule has 3 aromatic heterocycles. The van der Waals surface area contributed by atoms with Crippen molar-refractivity contribution in [3.05, 3.63) is 58.6 Å². The number of pyridine rings is 2. The maximum absolute atomic E-state index is 13.1. The number of morpholine rings is 1. The highest BCUT2D eigenvalue weighted by Gasteiger charge is 2.24. The number of nitrogens with one attached hydrogen (secondary N) is 2.